The second kappa shape index (κ2) is 6.81. The van der Waals surface area contributed by atoms with Crippen molar-refractivity contribution < 1.29 is 13.3 Å². The fourth-order valence-electron chi connectivity index (χ4n) is 2.92. The van der Waals surface area contributed by atoms with Gasteiger partial charge in [0.1, 0.15) is 5.69 Å². The van der Waals surface area contributed by atoms with Gasteiger partial charge in [-0.25, -0.2) is 13.6 Å². The van der Waals surface area contributed by atoms with Gasteiger partial charge in [-0.15, -0.1) is 0 Å². The Kier molecular flexibility index (Phi) is 5.23. The van der Waals surface area contributed by atoms with Gasteiger partial charge in [-0.3, -0.25) is 10.1 Å². The molecule has 0 spiro atoms. The van der Waals surface area contributed by atoms with Crippen molar-refractivity contribution in [3.63, 3.8) is 0 Å². The summed E-state index contributed by atoms with van der Waals surface area (Å²) >= 11 is 0. The molecule has 0 bridgehead atoms. The summed E-state index contributed by atoms with van der Waals surface area (Å²) in [6, 6.07) is 4.38. The third kappa shape index (κ3) is 4.40. The van der Waals surface area contributed by atoms with Gasteiger partial charge in [-0.2, -0.15) is 0 Å². The topological polar surface area (TPSA) is 119 Å². The molecule has 0 aliphatic heterocycles. The number of nitrogens with zero attached hydrogens (tertiary/aromatic N) is 2. The zero-order chi connectivity index (χ0) is 17.2. The predicted octanol–water partition coefficient (Wildman–Crippen LogP) is 1.53. The van der Waals surface area contributed by atoms with Crippen LogP contribution in [0.3, 0.4) is 0 Å². The number of anilines is 1. The molecular weight excluding hydrogens is 320 g/mol. The minimum absolute atomic E-state index is 0.144. The summed E-state index contributed by atoms with van der Waals surface area (Å²) < 4.78 is 22.7. The first kappa shape index (κ1) is 17.6. The Balaban J connectivity index is 2.16. The lowest BCUT2D eigenvalue weighted by Crippen LogP contribution is -2.36. The van der Waals surface area contributed by atoms with Crippen LogP contribution in [0.25, 0.3) is 0 Å². The normalized spacial score (nSPS) is 22.1. The Morgan fingerprint density at radius 1 is 1.26 bits per heavy atom. The first-order valence-electron chi connectivity index (χ1n) is 7.42. The lowest BCUT2D eigenvalue weighted by Gasteiger charge is -2.33. The van der Waals surface area contributed by atoms with E-state index in [9.17, 15) is 18.5 Å². The van der Waals surface area contributed by atoms with Crippen molar-refractivity contribution in [2.75, 3.05) is 19.4 Å². The summed E-state index contributed by atoms with van der Waals surface area (Å²) in [5.41, 5.74) is 0.0574. The van der Waals surface area contributed by atoms with E-state index in [1.807, 2.05) is 0 Å². The molecule has 1 fully saturated rings. The molecule has 8 nitrogen and oxygen atoms in total. The SMILES string of the molecule is CN(C)C1CCC(Nc2ccc(S(N)(=O)=O)cc2[N+](=O)[O-])CC1. The third-order valence-electron chi connectivity index (χ3n) is 4.28. The number of nitrogens with two attached hydrogens (primary N) is 1. The van der Waals surface area contributed by atoms with Crippen molar-refractivity contribution in [3.8, 4) is 0 Å². The lowest BCUT2D eigenvalue weighted by atomic mass is 9.90. The highest BCUT2D eigenvalue weighted by Gasteiger charge is 2.25. The largest absolute Gasteiger partial charge is 0.377 e. The number of sulfonamides is 1. The molecular formula is C14H22N4O4S. The van der Waals surface area contributed by atoms with Crippen molar-refractivity contribution in [1.29, 1.82) is 0 Å². The fourth-order valence-corrected chi connectivity index (χ4v) is 3.45. The quantitative estimate of drug-likeness (QED) is 0.619. The maximum Gasteiger partial charge on any atom is 0.293 e. The zero-order valence-corrected chi connectivity index (χ0v) is 14.0. The van der Waals surface area contributed by atoms with E-state index in [0.717, 1.165) is 31.7 Å². The number of hydrogen-bond donors (Lipinski definition) is 2. The fraction of sp³-hybridized carbons (Fsp3) is 0.571. The van der Waals surface area contributed by atoms with Crippen LogP contribution in [-0.4, -0.2) is 44.4 Å². The Morgan fingerprint density at radius 2 is 1.87 bits per heavy atom. The molecule has 0 amide bonds. The molecule has 3 N–H and O–H groups in total. The van der Waals surface area contributed by atoms with Crippen molar-refractivity contribution >= 4 is 21.4 Å². The second-order valence-electron chi connectivity index (χ2n) is 6.09. The molecule has 1 saturated carbocycles. The minimum Gasteiger partial charge on any atom is -0.377 e. The lowest BCUT2D eigenvalue weighted by molar-refractivity contribution is -0.384. The van der Waals surface area contributed by atoms with Crippen LogP contribution >= 0.6 is 0 Å². The number of nitro groups is 1. The van der Waals surface area contributed by atoms with Gasteiger partial charge in [-0.05, 0) is 51.9 Å². The van der Waals surface area contributed by atoms with Crippen LogP contribution in [0.4, 0.5) is 11.4 Å². The van der Waals surface area contributed by atoms with Crippen LogP contribution in [0, 0.1) is 10.1 Å². The van der Waals surface area contributed by atoms with Crippen LogP contribution in [0.2, 0.25) is 0 Å². The molecule has 9 heteroatoms. The van der Waals surface area contributed by atoms with Crippen LogP contribution in [0.5, 0.6) is 0 Å². The van der Waals surface area contributed by atoms with Gasteiger partial charge in [0.15, 0.2) is 0 Å². The van der Waals surface area contributed by atoms with Crippen LogP contribution in [0.15, 0.2) is 23.1 Å². The van der Waals surface area contributed by atoms with E-state index in [0.29, 0.717) is 11.7 Å². The van der Waals surface area contributed by atoms with Crippen molar-refractivity contribution in [2.45, 2.75) is 42.7 Å². The van der Waals surface area contributed by atoms with Gasteiger partial charge < -0.3 is 10.2 Å². The van der Waals surface area contributed by atoms with Crippen LogP contribution in [-0.2, 0) is 10.0 Å². The maximum absolute atomic E-state index is 11.3. The van der Waals surface area contributed by atoms with E-state index in [1.54, 1.807) is 0 Å². The van der Waals surface area contributed by atoms with E-state index in [-0.39, 0.29) is 16.6 Å². The summed E-state index contributed by atoms with van der Waals surface area (Å²) in [6.07, 6.45) is 3.87. The molecule has 1 aliphatic carbocycles. The summed E-state index contributed by atoms with van der Waals surface area (Å²) in [4.78, 5) is 12.5. The standard InChI is InChI=1S/C14H22N4O4S/c1-17(2)11-5-3-10(4-6-11)16-13-8-7-12(23(15,21)22)9-14(13)18(19)20/h7-11,16H,3-6H2,1-2H3,(H2,15,21,22). The highest BCUT2D eigenvalue weighted by Crippen LogP contribution is 2.31. The molecule has 0 radical (unpaired) electrons. The maximum atomic E-state index is 11.3. The average molecular weight is 342 g/mol. The van der Waals surface area contributed by atoms with E-state index in [1.165, 1.54) is 12.1 Å². The average Bonchev–Trinajstić information content (AvgIpc) is 2.46. The number of benzene rings is 1. The van der Waals surface area contributed by atoms with E-state index >= 15 is 0 Å². The molecule has 0 atom stereocenters. The van der Waals surface area contributed by atoms with Crippen molar-refractivity contribution in [2.24, 2.45) is 5.14 Å². The number of nitro benzene ring substituents is 1. The number of rotatable bonds is 5. The summed E-state index contributed by atoms with van der Waals surface area (Å²) in [6.45, 7) is 0. The zero-order valence-electron chi connectivity index (χ0n) is 13.2. The number of nitrogens with one attached hydrogen (secondary N) is 1. The van der Waals surface area contributed by atoms with Gasteiger partial charge in [0, 0.05) is 18.2 Å². The Hall–Kier alpha value is -1.71. The van der Waals surface area contributed by atoms with E-state index < -0.39 is 14.9 Å². The summed E-state index contributed by atoms with van der Waals surface area (Å²) in [5.74, 6) is 0. The Labute approximate surface area is 135 Å². The molecule has 0 unspecified atom stereocenters. The smallest absolute Gasteiger partial charge is 0.293 e. The molecule has 0 aromatic heterocycles. The third-order valence-corrected chi connectivity index (χ3v) is 5.19. The van der Waals surface area contributed by atoms with E-state index in [2.05, 4.69) is 24.3 Å². The highest BCUT2D eigenvalue weighted by atomic mass is 32.2. The second-order valence-corrected chi connectivity index (χ2v) is 7.66. The van der Waals surface area contributed by atoms with Gasteiger partial charge in [0.2, 0.25) is 10.0 Å². The van der Waals surface area contributed by atoms with Crippen molar-refractivity contribution in [1.82, 2.24) is 4.90 Å². The van der Waals surface area contributed by atoms with E-state index in [4.69, 9.17) is 5.14 Å². The number of primary sulfonamides is 1. The Morgan fingerprint density at radius 3 is 2.35 bits per heavy atom. The molecule has 23 heavy (non-hydrogen) atoms. The minimum atomic E-state index is -3.96. The monoisotopic (exact) mass is 342 g/mol. The molecule has 128 valence electrons. The highest BCUT2D eigenvalue weighted by molar-refractivity contribution is 7.89. The molecule has 2 rings (SSSR count). The summed E-state index contributed by atoms with van der Waals surface area (Å²) in [7, 11) is 0.138. The van der Waals surface area contributed by atoms with Gasteiger partial charge in [-0.1, -0.05) is 0 Å². The van der Waals surface area contributed by atoms with Crippen LogP contribution < -0.4 is 10.5 Å². The predicted molar refractivity (Wildman–Crippen MR) is 87.8 cm³/mol. The van der Waals surface area contributed by atoms with Gasteiger partial charge in [0.05, 0.1) is 9.82 Å². The molecule has 0 saturated heterocycles. The number of hydrogen-bond acceptors (Lipinski definition) is 6. The molecule has 1 aliphatic rings. The van der Waals surface area contributed by atoms with Crippen molar-refractivity contribution in [3.05, 3.63) is 28.3 Å². The van der Waals surface area contributed by atoms with Gasteiger partial charge in [0.25, 0.3) is 5.69 Å². The molecule has 1 aromatic carbocycles. The van der Waals surface area contributed by atoms with Crippen LogP contribution in [0.1, 0.15) is 25.7 Å². The van der Waals surface area contributed by atoms with Gasteiger partial charge >= 0.3 is 0 Å². The first-order valence-corrected chi connectivity index (χ1v) is 8.97. The molecule has 1 aromatic rings. The first-order chi connectivity index (χ1) is 10.7. The summed E-state index contributed by atoms with van der Waals surface area (Å²) in [5, 5.41) is 19.4. The molecule has 0 heterocycles. The Bertz CT molecular complexity index is 682.